The van der Waals surface area contributed by atoms with Crippen molar-refractivity contribution in [3.8, 4) is 0 Å². The van der Waals surface area contributed by atoms with Gasteiger partial charge in [-0.1, -0.05) is 246 Å². The summed E-state index contributed by atoms with van der Waals surface area (Å²) in [7, 11) is 0. The number of carboxylic acid groups (broad SMARTS) is 1. The number of allylic oxidation sites excluding steroid dienone is 18. The maximum absolute atomic E-state index is 13.2. The van der Waals surface area contributed by atoms with E-state index in [2.05, 4.69) is 130 Å². The molecule has 0 saturated carbocycles. The Morgan fingerprint density at radius 1 is 0.379 bits per heavy atom. The van der Waals surface area contributed by atoms with Gasteiger partial charge in [-0.2, -0.15) is 0 Å². The fourth-order valence-corrected chi connectivity index (χ4v) is 9.92. The number of aliphatic hydroxyl groups excluding tert-OH is 2. The molecular formula is C75H124O12. The molecule has 0 spiro atoms. The van der Waals surface area contributed by atoms with E-state index in [1.165, 1.54) is 70.6 Å². The number of aliphatic hydroxyl groups is 2. The molecule has 0 aromatic heterocycles. The van der Waals surface area contributed by atoms with Crippen LogP contribution in [-0.2, 0) is 42.9 Å². The SMILES string of the molecule is CCCCC/C=C\C/C=C\C/C=C\CCCCCCCCC(=O)OCC(COC1OC(C(=O)O)C(O)C(O)C1OC(=O)CCCCCCCC/C=C\C/C=C\C/C=C\CCCCC)OC(=O)CCCCCCCC/C=C\C/C=C\C/C=C\CCCCC. The first-order valence-electron chi connectivity index (χ1n) is 34.9. The molecule has 496 valence electrons. The van der Waals surface area contributed by atoms with Gasteiger partial charge >= 0.3 is 23.9 Å². The average molecular weight is 1220 g/mol. The lowest BCUT2D eigenvalue weighted by molar-refractivity contribution is -0.301. The van der Waals surface area contributed by atoms with Crippen LogP contribution in [0, 0.1) is 0 Å². The Morgan fingerprint density at radius 3 is 1.05 bits per heavy atom. The summed E-state index contributed by atoms with van der Waals surface area (Å²) in [5.41, 5.74) is 0. The van der Waals surface area contributed by atoms with Gasteiger partial charge in [-0.3, -0.25) is 14.4 Å². The number of ether oxygens (including phenoxy) is 5. The van der Waals surface area contributed by atoms with E-state index in [0.717, 1.165) is 161 Å². The number of rotatable bonds is 59. The molecule has 1 heterocycles. The first kappa shape index (κ1) is 80.4. The van der Waals surface area contributed by atoms with Crippen LogP contribution in [0.4, 0.5) is 0 Å². The second-order valence-corrected chi connectivity index (χ2v) is 23.5. The van der Waals surface area contributed by atoms with E-state index < -0.39 is 67.3 Å². The van der Waals surface area contributed by atoms with Crippen LogP contribution in [0.5, 0.6) is 0 Å². The van der Waals surface area contributed by atoms with E-state index in [4.69, 9.17) is 23.7 Å². The summed E-state index contributed by atoms with van der Waals surface area (Å²) in [5, 5.41) is 31.7. The Bertz CT molecular complexity index is 1930. The van der Waals surface area contributed by atoms with Gasteiger partial charge in [-0.15, -0.1) is 0 Å². The highest BCUT2D eigenvalue weighted by atomic mass is 16.7. The summed E-state index contributed by atoms with van der Waals surface area (Å²) in [5.74, 6) is -3.17. The first-order valence-corrected chi connectivity index (χ1v) is 34.9. The van der Waals surface area contributed by atoms with Gasteiger partial charge in [0.2, 0.25) is 0 Å². The second kappa shape index (κ2) is 61.6. The minimum absolute atomic E-state index is 0.0383. The van der Waals surface area contributed by atoms with Crippen molar-refractivity contribution >= 4 is 23.9 Å². The summed E-state index contributed by atoms with van der Waals surface area (Å²) in [6.45, 7) is 5.92. The highest BCUT2D eigenvalue weighted by molar-refractivity contribution is 5.74. The molecule has 0 aromatic carbocycles. The zero-order chi connectivity index (χ0) is 63.1. The van der Waals surface area contributed by atoms with Crippen molar-refractivity contribution in [2.45, 2.75) is 327 Å². The molecule has 12 heteroatoms. The molecule has 87 heavy (non-hydrogen) atoms. The summed E-state index contributed by atoms with van der Waals surface area (Å²) < 4.78 is 28.6. The number of unbranched alkanes of at least 4 members (excludes halogenated alkanes) is 27. The van der Waals surface area contributed by atoms with Crippen LogP contribution < -0.4 is 0 Å². The monoisotopic (exact) mass is 1220 g/mol. The molecule has 3 N–H and O–H groups in total. The number of esters is 3. The van der Waals surface area contributed by atoms with Crippen molar-refractivity contribution in [1.29, 1.82) is 0 Å². The standard InChI is InChI=1S/C75H124O12/c1-4-7-10-13-16-19-22-25-28-31-34-37-40-43-46-49-52-55-58-61-67(76)83-64-66(85-68(77)62-59-56-53-50-47-44-41-38-35-32-29-26-23-20-17-14-11-8-5-2)65-84-75-73(71(80)70(79)72(87-75)74(81)82)86-69(78)63-60-57-54-51-48-45-42-39-36-33-30-27-24-21-18-15-12-9-6-3/h16-21,25-30,34-39,66,70-73,75,79-80H,4-15,22-24,31-33,40-65H2,1-3H3,(H,81,82)/b19-16-,20-17-,21-18-,28-25-,29-26-,30-27-,37-34-,38-35-,39-36-. The smallest absolute Gasteiger partial charge is 0.335 e. The quantitative estimate of drug-likeness (QED) is 0.0228. The van der Waals surface area contributed by atoms with Gasteiger partial charge in [0.05, 0.1) is 6.61 Å². The molecule has 1 aliphatic rings. The van der Waals surface area contributed by atoms with Crippen molar-refractivity contribution in [3.05, 3.63) is 109 Å². The Morgan fingerprint density at radius 2 is 0.690 bits per heavy atom. The van der Waals surface area contributed by atoms with E-state index in [1.807, 2.05) is 0 Å². The predicted octanol–water partition coefficient (Wildman–Crippen LogP) is 19.4. The van der Waals surface area contributed by atoms with Crippen LogP contribution in [0.2, 0.25) is 0 Å². The molecule has 1 aliphatic heterocycles. The molecular weight excluding hydrogens is 1090 g/mol. The zero-order valence-electron chi connectivity index (χ0n) is 55.0. The van der Waals surface area contributed by atoms with Crippen molar-refractivity contribution < 1.29 is 58.2 Å². The second-order valence-electron chi connectivity index (χ2n) is 23.5. The fourth-order valence-electron chi connectivity index (χ4n) is 9.92. The molecule has 0 aliphatic carbocycles. The Balaban J connectivity index is 2.68. The van der Waals surface area contributed by atoms with Crippen LogP contribution in [0.3, 0.4) is 0 Å². The van der Waals surface area contributed by atoms with Crippen molar-refractivity contribution in [1.82, 2.24) is 0 Å². The minimum atomic E-state index is -1.92. The lowest BCUT2D eigenvalue weighted by atomic mass is 9.98. The highest BCUT2D eigenvalue weighted by Gasteiger charge is 2.50. The van der Waals surface area contributed by atoms with Crippen molar-refractivity contribution in [3.63, 3.8) is 0 Å². The third kappa shape index (κ3) is 50.9. The summed E-state index contributed by atoms with van der Waals surface area (Å²) >= 11 is 0. The lowest BCUT2D eigenvalue weighted by Gasteiger charge is -2.40. The van der Waals surface area contributed by atoms with Crippen LogP contribution >= 0.6 is 0 Å². The summed E-state index contributed by atoms with van der Waals surface area (Å²) in [4.78, 5) is 51.5. The van der Waals surface area contributed by atoms with Gasteiger partial charge < -0.3 is 39.0 Å². The molecule has 0 amide bonds. The maximum Gasteiger partial charge on any atom is 0.335 e. The Hall–Kier alpha value is -4.62. The van der Waals surface area contributed by atoms with Gasteiger partial charge in [0.25, 0.3) is 0 Å². The van der Waals surface area contributed by atoms with Gasteiger partial charge in [0, 0.05) is 19.3 Å². The molecule has 0 radical (unpaired) electrons. The number of carboxylic acids is 1. The minimum Gasteiger partial charge on any atom is -0.479 e. The topological polar surface area (TPSA) is 175 Å². The molecule has 12 nitrogen and oxygen atoms in total. The fraction of sp³-hybridized carbons (Fsp3) is 0.707. The van der Waals surface area contributed by atoms with Crippen molar-refractivity contribution in [2.24, 2.45) is 0 Å². The summed E-state index contributed by atoms with van der Waals surface area (Å²) in [6, 6.07) is 0. The number of carbonyl (C=O) groups is 4. The van der Waals surface area contributed by atoms with Crippen LogP contribution in [-0.4, -0.2) is 89.2 Å². The molecule has 1 fully saturated rings. The van der Waals surface area contributed by atoms with E-state index in [1.54, 1.807) is 0 Å². The van der Waals surface area contributed by atoms with Gasteiger partial charge in [0.1, 0.15) is 18.8 Å². The molecule has 0 aromatic rings. The van der Waals surface area contributed by atoms with Crippen LogP contribution in [0.1, 0.15) is 290 Å². The third-order valence-electron chi connectivity index (χ3n) is 15.3. The van der Waals surface area contributed by atoms with Crippen molar-refractivity contribution in [2.75, 3.05) is 13.2 Å². The molecule has 1 rings (SSSR count). The molecule has 6 unspecified atom stereocenters. The molecule has 0 bridgehead atoms. The van der Waals surface area contributed by atoms with Gasteiger partial charge in [0.15, 0.2) is 24.6 Å². The average Bonchev–Trinajstić information content (AvgIpc) is 2.56. The van der Waals surface area contributed by atoms with E-state index in [-0.39, 0.29) is 25.9 Å². The number of hydrogen-bond acceptors (Lipinski definition) is 11. The lowest BCUT2D eigenvalue weighted by Crippen LogP contribution is -2.61. The predicted molar refractivity (Wildman–Crippen MR) is 358 cm³/mol. The van der Waals surface area contributed by atoms with E-state index in [9.17, 15) is 34.5 Å². The Labute approximate surface area is 529 Å². The first-order chi connectivity index (χ1) is 42.6. The summed E-state index contributed by atoms with van der Waals surface area (Å²) in [6.07, 6.45) is 71.7. The van der Waals surface area contributed by atoms with E-state index in [0.29, 0.717) is 19.3 Å². The van der Waals surface area contributed by atoms with Crippen LogP contribution in [0.25, 0.3) is 0 Å². The normalized spacial score (nSPS) is 18.0. The number of hydrogen-bond donors (Lipinski definition) is 3. The highest BCUT2D eigenvalue weighted by Crippen LogP contribution is 2.27. The molecule has 1 saturated heterocycles. The largest absolute Gasteiger partial charge is 0.479 e. The number of carbonyl (C=O) groups excluding carboxylic acids is 3. The maximum atomic E-state index is 13.2. The van der Waals surface area contributed by atoms with Crippen LogP contribution in [0.15, 0.2) is 109 Å². The van der Waals surface area contributed by atoms with Gasteiger partial charge in [-0.25, -0.2) is 4.79 Å². The number of aliphatic carboxylic acids is 1. The third-order valence-corrected chi connectivity index (χ3v) is 15.3. The van der Waals surface area contributed by atoms with E-state index >= 15 is 0 Å². The Kier molecular flexibility index (Phi) is 56.9. The van der Waals surface area contributed by atoms with Gasteiger partial charge in [-0.05, 0) is 135 Å². The molecule has 6 atom stereocenters. The zero-order valence-corrected chi connectivity index (χ0v) is 55.0.